The van der Waals surface area contributed by atoms with Crippen molar-refractivity contribution in [2.45, 2.75) is 39.2 Å². The predicted molar refractivity (Wildman–Crippen MR) is 79.7 cm³/mol. The van der Waals surface area contributed by atoms with Crippen molar-refractivity contribution in [3.05, 3.63) is 35.6 Å². The minimum absolute atomic E-state index is 0.109. The Morgan fingerprint density at radius 2 is 1.89 bits per heavy atom. The summed E-state index contributed by atoms with van der Waals surface area (Å²) in [6.45, 7) is 5.90. The van der Waals surface area contributed by atoms with Gasteiger partial charge in [-0.3, -0.25) is 0 Å². The molecule has 0 aliphatic heterocycles. The van der Waals surface area contributed by atoms with E-state index in [1.165, 1.54) is 31.7 Å². The molecule has 1 N–H and O–H groups in total. The first-order chi connectivity index (χ1) is 9.24. The molecule has 0 aliphatic rings. The van der Waals surface area contributed by atoms with Crippen LogP contribution in [0.4, 0.5) is 4.39 Å². The van der Waals surface area contributed by atoms with E-state index in [9.17, 15) is 4.39 Å². The van der Waals surface area contributed by atoms with Gasteiger partial charge in [0.05, 0.1) is 0 Å². The van der Waals surface area contributed by atoms with E-state index >= 15 is 0 Å². The molecule has 0 radical (unpaired) electrons. The summed E-state index contributed by atoms with van der Waals surface area (Å²) in [6, 6.07) is 6.99. The third kappa shape index (κ3) is 7.28. The maximum absolute atomic E-state index is 13.5. The third-order valence-electron chi connectivity index (χ3n) is 3.28. The number of benzene rings is 1. The Balaban J connectivity index is 2.08. The highest BCUT2D eigenvalue weighted by Crippen LogP contribution is 2.08. The summed E-state index contributed by atoms with van der Waals surface area (Å²) in [6.07, 6.45) is 5.18. The van der Waals surface area contributed by atoms with Crippen molar-refractivity contribution in [3.8, 4) is 0 Å². The first kappa shape index (κ1) is 16.1. The lowest BCUT2D eigenvalue weighted by Crippen LogP contribution is -2.29. The second kappa shape index (κ2) is 9.93. The topological polar surface area (TPSA) is 15.3 Å². The molecule has 0 bridgehead atoms. The van der Waals surface area contributed by atoms with Crippen LogP contribution in [-0.2, 0) is 6.54 Å². The Labute approximate surface area is 117 Å². The van der Waals surface area contributed by atoms with Crippen LogP contribution in [0.2, 0.25) is 0 Å². The molecular weight excluding hydrogens is 239 g/mol. The van der Waals surface area contributed by atoms with Crippen molar-refractivity contribution in [2.75, 3.05) is 26.7 Å². The van der Waals surface area contributed by atoms with Crippen LogP contribution in [-0.4, -0.2) is 31.6 Å². The molecular formula is C16H27FN2. The van der Waals surface area contributed by atoms with Crippen LogP contribution in [0.15, 0.2) is 24.3 Å². The first-order valence-electron chi connectivity index (χ1n) is 7.36. The molecule has 0 aromatic heterocycles. The molecule has 0 amide bonds. The van der Waals surface area contributed by atoms with E-state index < -0.39 is 0 Å². The summed E-state index contributed by atoms with van der Waals surface area (Å²) < 4.78 is 13.5. The molecule has 0 atom stereocenters. The fraction of sp³-hybridized carbons (Fsp3) is 0.625. The molecule has 108 valence electrons. The van der Waals surface area contributed by atoms with Gasteiger partial charge in [0.2, 0.25) is 0 Å². The zero-order chi connectivity index (χ0) is 13.9. The molecule has 1 aromatic carbocycles. The Kier molecular flexibility index (Phi) is 8.43. The lowest BCUT2D eigenvalue weighted by atomic mass is 10.2. The van der Waals surface area contributed by atoms with Gasteiger partial charge in [-0.2, -0.15) is 0 Å². The monoisotopic (exact) mass is 266 g/mol. The number of nitrogens with one attached hydrogen (secondary N) is 1. The average Bonchev–Trinajstić information content (AvgIpc) is 2.40. The lowest BCUT2D eigenvalue weighted by Gasteiger charge is -2.17. The zero-order valence-corrected chi connectivity index (χ0v) is 12.3. The van der Waals surface area contributed by atoms with Crippen LogP contribution in [0.5, 0.6) is 0 Å². The van der Waals surface area contributed by atoms with Crippen molar-refractivity contribution < 1.29 is 4.39 Å². The van der Waals surface area contributed by atoms with Crippen LogP contribution in [0.25, 0.3) is 0 Å². The molecule has 0 spiro atoms. The van der Waals surface area contributed by atoms with Crippen LogP contribution >= 0.6 is 0 Å². The van der Waals surface area contributed by atoms with Crippen LogP contribution in [0, 0.1) is 5.82 Å². The SMILES string of the molecule is CCCCCCNCCN(C)Cc1ccccc1F. The number of hydrogen-bond acceptors (Lipinski definition) is 2. The van der Waals surface area contributed by atoms with Crippen LogP contribution < -0.4 is 5.32 Å². The first-order valence-corrected chi connectivity index (χ1v) is 7.36. The van der Waals surface area contributed by atoms with Crippen molar-refractivity contribution in [3.63, 3.8) is 0 Å². The smallest absolute Gasteiger partial charge is 0.127 e. The molecule has 3 heteroatoms. The van der Waals surface area contributed by atoms with Crippen LogP contribution in [0.1, 0.15) is 38.2 Å². The lowest BCUT2D eigenvalue weighted by molar-refractivity contribution is 0.319. The molecule has 1 rings (SSSR count). The standard InChI is InChI=1S/C16H27FN2/c1-3-4-5-8-11-18-12-13-19(2)14-15-9-6-7-10-16(15)17/h6-7,9-10,18H,3-5,8,11-14H2,1-2H3. The molecule has 1 aromatic rings. The van der Waals surface area contributed by atoms with Gasteiger partial charge < -0.3 is 10.2 Å². The van der Waals surface area contributed by atoms with E-state index in [1.54, 1.807) is 6.07 Å². The van der Waals surface area contributed by atoms with Crippen LogP contribution in [0.3, 0.4) is 0 Å². The van der Waals surface area contributed by atoms with E-state index in [2.05, 4.69) is 17.1 Å². The Morgan fingerprint density at radius 3 is 2.63 bits per heavy atom. The molecule has 0 unspecified atom stereocenters. The summed E-state index contributed by atoms with van der Waals surface area (Å²) in [5.41, 5.74) is 0.771. The highest BCUT2D eigenvalue weighted by Gasteiger charge is 2.04. The summed E-state index contributed by atoms with van der Waals surface area (Å²) in [5, 5.41) is 3.44. The molecule has 0 saturated carbocycles. The molecule has 0 fully saturated rings. The zero-order valence-electron chi connectivity index (χ0n) is 12.3. The van der Waals surface area contributed by atoms with Crippen molar-refractivity contribution in [1.82, 2.24) is 10.2 Å². The summed E-state index contributed by atoms with van der Waals surface area (Å²) in [4.78, 5) is 2.15. The highest BCUT2D eigenvalue weighted by atomic mass is 19.1. The summed E-state index contributed by atoms with van der Waals surface area (Å²) >= 11 is 0. The highest BCUT2D eigenvalue weighted by molar-refractivity contribution is 5.16. The fourth-order valence-corrected chi connectivity index (χ4v) is 2.07. The minimum atomic E-state index is -0.109. The van der Waals surface area contributed by atoms with Gasteiger partial charge in [-0.1, -0.05) is 44.4 Å². The van der Waals surface area contributed by atoms with Gasteiger partial charge in [-0.25, -0.2) is 4.39 Å². The second-order valence-corrected chi connectivity index (χ2v) is 5.14. The molecule has 2 nitrogen and oxygen atoms in total. The quantitative estimate of drug-likeness (QED) is 0.653. The summed E-state index contributed by atoms with van der Waals surface area (Å²) in [7, 11) is 2.03. The number of nitrogens with zero attached hydrogens (tertiary/aromatic N) is 1. The van der Waals surface area contributed by atoms with Crippen molar-refractivity contribution in [1.29, 1.82) is 0 Å². The van der Waals surface area contributed by atoms with Crippen molar-refractivity contribution in [2.24, 2.45) is 0 Å². The fourth-order valence-electron chi connectivity index (χ4n) is 2.07. The predicted octanol–water partition coefficient (Wildman–Crippen LogP) is 3.43. The van der Waals surface area contributed by atoms with Gasteiger partial charge in [0.1, 0.15) is 5.82 Å². The third-order valence-corrected chi connectivity index (χ3v) is 3.28. The van der Waals surface area contributed by atoms with Gasteiger partial charge in [-0.05, 0) is 26.1 Å². The van der Waals surface area contributed by atoms with Crippen molar-refractivity contribution >= 4 is 0 Å². The Morgan fingerprint density at radius 1 is 1.11 bits per heavy atom. The number of rotatable bonds is 10. The van der Waals surface area contributed by atoms with E-state index in [-0.39, 0.29) is 5.82 Å². The molecule has 0 saturated heterocycles. The minimum Gasteiger partial charge on any atom is -0.315 e. The van der Waals surface area contributed by atoms with E-state index in [0.29, 0.717) is 6.54 Å². The Hall–Kier alpha value is -0.930. The molecule has 0 heterocycles. The number of hydrogen-bond donors (Lipinski definition) is 1. The second-order valence-electron chi connectivity index (χ2n) is 5.14. The largest absolute Gasteiger partial charge is 0.315 e. The van der Waals surface area contributed by atoms with Gasteiger partial charge in [0.15, 0.2) is 0 Å². The van der Waals surface area contributed by atoms with E-state index in [0.717, 1.165) is 25.2 Å². The summed E-state index contributed by atoms with van der Waals surface area (Å²) in [5.74, 6) is -0.109. The number of unbranched alkanes of at least 4 members (excludes halogenated alkanes) is 3. The number of likely N-dealkylation sites (N-methyl/N-ethyl adjacent to an activating group) is 1. The van der Waals surface area contributed by atoms with Gasteiger partial charge >= 0.3 is 0 Å². The van der Waals surface area contributed by atoms with Gasteiger partial charge in [0, 0.05) is 25.2 Å². The maximum atomic E-state index is 13.5. The van der Waals surface area contributed by atoms with E-state index in [4.69, 9.17) is 0 Å². The van der Waals surface area contributed by atoms with E-state index in [1.807, 2.05) is 19.2 Å². The number of halogens is 1. The molecule has 0 aliphatic carbocycles. The van der Waals surface area contributed by atoms with Gasteiger partial charge in [-0.15, -0.1) is 0 Å². The maximum Gasteiger partial charge on any atom is 0.127 e. The molecule has 19 heavy (non-hydrogen) atoms. The van der Waals surface area contributed by atoms with Gasteiger partial charge in [0.25, 0.3) is 0 Å². The average molecular weight is 266 g/mol. The normalized spacial score (nSPS) is 11.2. The Bertz CT molecular complexity index is 341.